The molecule has 4 aromatic rings. The van der Waals surface area contributed by atoms with Gasteiger partial charge in [-0.1, -0.05) is 28.1 Å². The van der Waals surface area contributed by atoms with Gasteiger partial charge in [-0.15, -0.1) is 0 Å². The maximum absolute atomic E-state index is 11.9. The van der Waals surface area contributed by atoms with E-state index in [1.54, 1.807) is 13.3 Å². The molecular formula is C27H24BrN5O2S. The van der Waals surface area contributed by atoms with Gasteiger partial charge < -0.3 is 24.8 Å². The first kappa shape index (κ1) is 24.0. The minimum atomic E-state index is -0.222. The fourth-order valence-corrected chi connectivity index (χ4v) is 5.30. The van der Waals surface area contributed by atoms with E-state index in [4.69, 9.17) is 17.0 Å². The lowest BCUT2D eigenvalue weighted by molar-refractivity contribution is -0.114. The van der Waals surface area contributed by atoms with Crippen molar-refractivity contribution in [3.63, 3.8) is 0 Å². The second-order valence-corrected chi connectivity index (χ2v) is 9.65. The third kappa shape index (κ3) is 4.59. The molecule has 0 spiro atoms. The highest BCUT2D eigenvalue weighted by Crippen LogP contribution is 2.43. The summed E-state index contributed by atoms with van der Waals surface area (Å²) in [5.74, 6) is 0.390. The first-order valence-electron chi connectivity index (χ1n) is 11.4. The zero-order valence-electron chi connectivity index (χ0n) is 19.7. The van der Waals surface area contributed by atoms with E-state index in [9.17, 15) is 4.79 Å². The monoisotopic (exact) mass is 561 g/mol. The van der Waals surface area contributed by atoms with Gasteiger partial charge in [0.15, 0.2) is 5.11 Å². The van der Waals surface area contributed by atoms with Crippen molar-refractivity contribution in [3.05, 3.63) is 101 Å². The number of hydrogen-bond donors (Lipinski definition) is 2. The molecule has 2 atom stereocenters. The van der Waals surface area contributed by atoms with Crippen molar-refractivity contribution in [1.29, 1.82) is 0 Å². The number of aromatic nitrogens is 2. The largest absolute Gasteiger partial charge is 0.495 e. The second-order valence-electron chi connectivity index (χ2n) is 8.35. The zero-order chi connectivity index (χ0) is 25.2. The molecule has 36 heavy (non-hydrogen) atoms. The Hall–Kier alpha value is -3.69. The van der Waals surface area contributed by atoms with Gasteiger partial charge in [0, 0.05) is 40.9 Å². The van der Waals surface area contributed by atoms with Gasteiger partial charge in [-0.2, -0.15) is 0 Å². The standard InChI is InChI=1S/C27H24BrN5O2S/c1-17(34)30-22-16-20(11-12-24(22)35-2)33-26(25(31-27(33)36)21-9-3-4-13-29-21)23-10-6-14-32(23)19-8-5-7-18(28)15-19/h3-16,25-26H,1-2H3,(H,30,34)(H,31,36)/t25-,26+/m1/s1. The summed E-state index contributed by atoms with van der Waals surface area (Å²) in [6.07, 6.45) is 3.83. The van der Waals surface area contributed by atoms with E-state index in [2.05, 4.69) is 59.2 Å². The molecule has 2 aromatic heterocycles. The number of thiocarbonyl (C=S) groups is 1. The molecule has 9 heteroatoms. The smallest absolute Gasteiger partial charge is 0.221 e. The van der Waals surface area contributed by atoms with Crippen LogP contribution in [0, 0.1) is 0 Å². The number of amides is 1. The molecule has 1 aliphatic rings. The lowest BCUT2D eigenvalue weighted by Gasteiger charge is -2.29. The fraction of sp³-hybridized carbons (Fsp3) is 0.148. The van der Waals surface area contributed by atoms with Crippen molar-refractivity contribution in [3.8, 4) is 11.4 Å². The highest BCUT2D eigenvalue weighted by molar-refractivity contribution is 9.10. The SMILES string of the molecule is COc1ccc(N2C(=S)N[C@H](c3ccccn3)[C@@H]2c2cccn2-c2cccc(Br)c2)cc1NC(C)=O. The summed E-state index contributed by atoms with van der Waals surface area (Å²) in [5, 5.41) is 6.92. The molecule has 3 heterocycles. The van der Waals surface area contributed by atoms with Crippen molar-refractivity contribution in [2.45, 2.75) is 19.0 Å². The van der Waals surface area contributed by atoms with Crippen LogP contribution in [-0.2, 0) is 4.79 Å². The summed E-state index contributed by atoms with van der Waals surface area (Å²) in [4.78, 5) is 18.6. The molecular weight excluding hydrogens is 538 g/mol. The average Bonchev–Trinajstić information content (AvgIpc) is 3.48. The van der Waals surface area contributed by atoms with Gasteiger partial charge in [0.2, 0.25) is 5.91 Å². The van der Waals surface area contributed by atoms with E-state index in [0.29, 0.717) is 16.5 Å². The van der Waals surface area contributed by atoms with Crippen LogP contribution in [-0.4, -0.2) is 27.7 Å². The van der Waals surface area contributed by atoms with Crippen molar-refractivity contribution in [2.24, 2.45) is 0 Å². The summed E-state index contributed by atoms with van der Waals surface area (Å²) in [5.41, 5.74) is 4.34. The highest BCUT2D eigenvalue weighted by atomic mass is 79.9. The first-order chi connectivity index (χ1) is 17.5. The Bertz CT molecular complexity index is 1420. The topological polar surface area (TPSA) is 71.4 Å². The van der Waals surface area contributed by atoms with Crippen LogP contribution in [0.1, 0.15) is 30.4 Å². The molecule has 1 amide bonds. The molecule has 182 valence electrons. The van der Waals surface area contributed by atoms with E-state index in [0.717, 1.165) is 27.2 Å². The van der Waals surface area contributed by atoms with Gasteiger partial charge >= 0.3 is 0 Å². The van der Waals surface area contributed by atoms with E-state index in [-0.39, 0.29) is 18.0 Å². The number of benzene rings is 2. The van der Waals surface area contributed by atoms with Gasteiger partial charge in [-0.25, -0.2) is 0 Å². The minimum Gasteiger partial charge on any atom is -0.495 e. The Morgan fingerprint density at radius 2 is 1.94 bits per heavy atom. The fourth-order valence-electron chi connectivity index (χ4n) is 4.56. The molecule has 1 aliphatic heterocycles. The lowest BCUT2D eigenvalue weighted by atomic mass is 10.0. The maximum atomic E-state index is 11.9. The highest BCUT2D eigenvalue weighted by Gasteiger charge is 2.42. The molecule has 0 saturated carbocycles. The average molecular weight is 562 g/mol. The Kier molecular flexibility index (Phi) is 6.75. The van der Waals surface area contributed by atoms with E-state index >= 15 is 0 Å². The predicted molar refractivity (Wildman–Crippen MR) is 149 cm³/mol. The van der Waals surface area contributed by atoms with Crippen LogP contribution in [0.25, 0.3) is 5.69 Å². The molecule has 7 nitrogen and oxygen atoms in total. The Labute approximate surface area is 223 Å². The molecule has 2 N–H and O–H groups in total. The summed E-state index contributed by atoms with van der Waals surface area (Å²) in [6.45, 7) is 1.47. The summed E-state index contributed by atoms with van der Waals surface area (Å²) in [7, 11) is 1.58. The summed E-state index contributed by atoms with van der Waals surface area (Å²) >= 11 is 9.47. The molecule has 2 aromatic carbocycles. The van der Waals surface area contributed by atoms with Crippen LogP contribution in [0.4, 0.5) is 11.4 Å². The number of halogens is 1. The predicted octanol–water partition coefficient (Wildman–Crippen LogP) is 5.78. The number of pyridine rings is 1. The van der Waals surface area contributed by atoms with Crippen LogP contribution in [0.2, 0.25) is 0 Å². The quantitative estimate of drug-likeness (QED) is 0.291. The van der Waals surface area contributed by atoms with Gasteiger partial charge in [0.1, 0.15) is 11.8 Å². The van der Waals surface area contributed by atoms with E-state index in [1.807, 2.05) is 60.8 Å². The number of carbonyl (C=O) groups is 1. The molecule has 0 unspecified atom stereocenters. The number of hydrogen-bond acceptors (Lipinski definition) is 4. The molecule has 1 fully saturated rings. The maximum Gasteiger partial charge on any atom is 0.221 e. The van der Waals surface area contributed by atoms with Gasteiger partial charge in [-0.3, -0.25) is 9.78 Å². The van der Waals surface area contributed by atoms with E-state index < -0.39 is 0 Å². The van der Waals surface area contributed by atoms with Gasteiger partial charge in [0.25, 0.3) is 0 Å². The molecule has 0 aliphatic carbocycles. The van der Waals surface area contributed by atoms with Crippen LogP contribution in [0.5, 0.6) is 5.75 Å². The van der Waals surface area contributed by atoms with Crippen molar-refractivity contribution >= 4 is 50.5 Å². The third-order valence-corrected chi connectivity index (χ3v) is 6.85. The summed E-state index contributed by atoms with van der Waals surface area (Å²) < 4.78 is 8.62. The Balaban J connectivity index is 1.66. The number of methoxy groups -OCH3 is 1. The van der Waals surface area contributed by atoms with Crippen LogP contribution < -0.4 is 20.3 Å². The number of nitrogens with one attached hydrogen (secondary N) is 2. The van der Waals surface area contributed by atoms with Crippen molar-refractivity contribution in [2.75, 3.05) is 17.3 Å². The summed E-state index contributed by atoms with van der Waals surface area (Å²) in [6, 6.07) is 23.4. The number of carbonyl (C=O) groups excluding carboxylic acids is 1. The zero-order valence-corrected chi connectivity index (χ0v) is 22.1. The van der Waals surface area contributed by atoms with Crippen molar-refractivity contribution < 1.29 is 9.53 Å². The van der Waals surface area contributed by atoms with Crippen LogP contribution in [0.15, 0.2) is 89.7 Å². The number of anilines is 2. The second kappa shape index (κ2) is 10.1. The molecule has 5 rings (SSSR count). The van der Waals surface area contributed by atoms with Gasteiger partial charge in [-0.05, 0) is 72.9 Å². The van der Waals surface area contributed by atoms with Gasteiger partial charge in [0.05, 0.1) is 24.5 Å². The number of nitrogens with zero attached hydrogens (tertiary/aromatic N) is 3. The third-order valence-electron chi connectivity index (χ3n) is 6.04. The Morgan fingerprint density at radius 3 is 2.67 bits per heavy atom. The molecule has 1 saturated heterocycles. The van der Waals surface area contributed by atoms with E-state index in [1.165, 1.54) is 6.92 Å². The molecule has 0 bridgehead atoms. The van der Waals surface area contributed by atoms with Crippen molar-refractivity contribution in [1.82, 2.24) is 14.9 Å². The minimum absolute atomic E-state index is 0.181. The molecule has 0 radical (unpaired) electrons. The first-order valence-corrected chi connectivity index (χ1v) is 12.6. The number of rotatable bonds is 6. The Morgan fingerprint density at radius 1 is 1.08 bits per heavy atom. The normalized spacial score (nSPS) is 17.1. The lowest BCUT2D eigenvalue weighted by Crippen LogP contribution is -2.30. The van der Waals surface area contributed by atoms with Crippen LogP contribution in [0.3, 0.4) is 0 Å². The van der Waals surface area contributed by atoms with Crippen LogP contribution >= 0.6 is 28.1 Å². The number of ether oxygens (including phenoxy) is 1.